The predicted octanol–water partition coefficient (Wildman–Crippen LogP) is 3.14. The van der Waals surface area contributed by atoms with Crippen molar-refractivity contribution in [1.82, 2.24) is 0 Å². The largest absolute Gasteiger partial charge is 0.452 e. The molecule has 0 spiro atoms. The van der Waals surface area contributed by atoms with Crippen LogP contribution in [0.25, 0.3) is 0 Å². The van der Waals surface area contributed by atoms with E-state index in [9.17, 15) is 4.79 Å². The van der Waals surface area contributed by atoms with Crippen molar-refractivity contribution in [2.45, 2.75) is 46.0 Å². The lowest BCUT2D eigenvalue weighted by Gasteiger charge is -2.03. The highest BCUT2D eigenvalue weighted by molar-refractivity contribution is 7.94. The van der Waals surface area contributed by atoms with Gasteiger partial charge in [-0.15, -0.1) is 0 Å². The van der Waals surface area contributed by atoms with Gasteiger partial charge in [0, 0.05) is 18.5 Å². The van der Waals surface area contributed by atoms with Crippen LogP contribution >= 0.6 is 12.0 Å². The van der Waals surface area contributed by atoms with Crippen LogP contribution in [0.4, 0.5) is 0 Å². The lowest BCUT2D eigenvalue weighted by Crippen LogP contribution is -2.03. The molecule has 0 heterocycles. The van der Waals surface area contributed by atoms with Crippen LogP contribution in [0.2, 0.25) is 0 Å². The van der Waals surface area contributed by atoms with Gasteiger partial charge in [-0.25, -0.2) is 0 Å². The van der Waals surface area contributed by atoms with Crippen molar-refractivity contribution in [2.24, 2.45) is 0 Å². The average molecular weight is 220 g/mol. The lowest BCUT2D eigenvalue weighted by atomic mass is 10.2. The van der Waals surface area contributed by atoms with Crippen LogP contribution in [0.5, 0.6) is 0 Å². The van der Waals surface area contributed by atoms with Crippen LogP contribution in [0.15, 0.2) is 0 Å². The molecule has 0 saturated carbocycles. The summed E-state index contributed by atoms with van der Waals surface area (Å²) in [5.74, 6) is 0.189. The van der Waals surface area contributed by atoms with E-state index in [1.807, 2.05) is 6.92 Å². The van der Waals surface area contributed by atoms with E-state index in [-0.39, 0.29) is 5.97 Å². The molecule has 0 aromatic rings. The molecule has 0 fully saturated rings. The highest BCUT2D eigenvalue weighted by Crippen LogP contribution is 2.06. The smallest absolute Gasteiger partial charge is 0.306 e. The molecule has 0 N–H and O–H groups in total. The molecule has 0 bridgehead atoms. The summed E-state index contributed by atoms with van der Waals surface area (Å²) in [5.41, 5.74) is 0. The van der Waals surface area contributed by atoms with Crippen LogP contribution in [0, 0.1) is 0 Å². The van der Waals surface area contributed by atoms with Crippen molar-refractivity contribution in [3.05, 3.63) is 0 Å². The minimum atomic E-state index is -0.117. The highest BCUT2D eigenvalue weighted by atomic mass is 32.2. The second kappa shape index (κ2) is 10.9. The minimum absolute atomic E-state index is 0.117. The first-order valence-corrected chi connectivity index (χ1v) is 6.12. The molecule has 3 nitrogen and oxygen atoms in total. The Morgan fingerprint density at radius 1 is 1.21 bits per heavy atom. The minimum Gasteiger partial charge on any atom is -0.452 e. The van der Waals surface area contributed by atoms with E-state index in [2.05, 4.69) is 6.92 Å². The Labute approximate surface area is 90.7 Å². The number of ether oxygens (including phenoxy) is 1. The van der Waals surface area contributed by atoms with Gasteiger partial charge in [-0.3, -0.25) is 4.79 Å². The quantitative estimate of drug-likeness (QED) is 0.259. The van der Waals surface area contributed by atoms with E-state index in [0.717, 1.165) is 12.8 Å². The number of unbranched alkanes of at least 4 members (excludes halogenated alkanes) is 3. The molecular formula is C10H20O3S. The van der Waals surface area contributed by atoms with Gasteiger partial charge in [-0.1, -0.05) is 26.2 Å². The van der Waals surface area contributed by atoms with Crippen molar-refractivity contribution in [3.8, 4) is 0 Å². The molecule has 14 heavy (non-hydrogen) atoms. The van der Waals surface area contributed by atoms with Crippen molar-refractivity contribution < 1.29 is 13.7 Å². The van der Waals surface area contributed by atoms with Gasteiger partial charge >= 0.3 is 5.97 Å². The first-order valence-electron chi connectivity index (χ1n) is 5.21. The van der Waals surface area contributed by atoms with Crippen molar-refractivity contribution in [3.63, 3.8) is 0 Å². The molecule has 0 amide bonds. The van der Waals surface area contributed by atoms with E-state index in [0.29, 0.717) is 19.0 Å². The Morgan fingerprint density at radius 3 is 2.64 bits per heavy atom. The monoisotopic (exact) mass is 220 g/mol. The molecule has 0 atom stereocenters. The zero-order valence-electron chi connectivity index (χ0n) is 9.08. The van der Waals surface area contributed by atoms with E-state index >= 15 is 0 Å². The van der Waals surface area contributed by atoms with Crippen LogP contribution in [-0.4, -0.2) is 18.5 Å². The molecule has 0 radical (unpaired) electrons. The van der Waals surface area contributed by atoms with Crippen molar-refractivity contribution >= 4 is 18.0 Å². The fraction of sp³-hybridized carbons (Fsp3) is 0.900. The first kappa shape index (κ1) is 13.8. The molecule has 0 aliphatic carbocycles. The molecule has 4 heteroatoms. The summed E-state index contributed by atoms with van der Waals surface area (Å²) in [5, 5.41) is 0. The van der Waals surface area contributed by atoms with E-state index in [4.69, 9.17) is 8.92 Å². The predicted molar refractivity (Wildman–Crippen MR) is 58.9 cm³/mol. The first-order chi connectivity index (χ1) is 6.81. The molecular weight excluding hydrogens is 200 g/mol. The van der Waals surface area contributed by atoms with Crippen LogP contribution < -0.4 is 0 Å². The molecule has 0 aromatic heterocycles. The standard InChI is InChI=1S/C10H20O3S/c1-3-5-6-7-8-10(11)12-9-14-13-4-2/h3-9H2,1-2H3. The summed E-state index contributed by atoms with van der Waals surface area (Å²) in [6.07, 6.45) is 4.97. The van der Waals surface area contributed by atoms with Gasteiger partial charge in [0.25, 0.3) is 0 Å². The Bertz CT molecular complexity index is 125. The summed E-state index contributed by atoms with van der Waals surface area (Å²) >= 11 is 1.18. The summed E-state index contributed by atoms with van der Waals surface area (Å²) in [6.45, 7) is 4.69. The molecule has 0 aromatic carbocycles. The van der Waals surface area contributed by atoms with Crippen molar-refractivity contribution in [1.29, 1.82) is 0 Å². The van der Waals surface area contributed by atoms with Gasteiger partial charge in [-0.2, -0.15) is 0 Å². The van der Waals surface area contributed by atoms with Gasteiger partial charge < -0.3 is 8.92 Å². The van der Waals surface area contributed by atoms with Gasteiger partial charge in [0.1, 0.15) is 0 Å². The average Bonchev–Trinajstić information content (AvgIpc) is 2.19. The maximum Gasteiger partial charge on any atom is 0.306 e. The highest BCUT2D eigenvalue weighted by Gasteiger charge is 2.01. The van der Waals surface area contributed by atoms with Crippen LogP contribution in [0.1, 0.15) is 46.0 Å². The SMILES string of the molecule is CCCCCCC(=O)OCSOCC. The molecule has 0 saturated heterocycles. The van der Waals surface area contributed by atoms with Crippen LogP contribution in [-0.2, 0) is 13.7 Å². The third-order valence-electron chi connectivity index (χ3n) is 1.70. The summed E-state index contributed by atoms with van der Waals surface area (Å²) in [4.78, 5) is 11.1. The molecule has 0 aliphatic rings. The zero-order chi connectivity index (χ0) is 10.6. The zero-order valence-corrected chi connectivity index (χ0v) is 9.90. The van der Waals surface area contributed by atoms with Gasteiger partial charge in [0.05, 0.1) is 6.61 Å². The number of esters is 1. The number of carbonyl (C=O) groups excluding carboxylic acids is 1. The third kappa shape index (κ3) is 9.86. The fourth-order valence-corrected chi connectivity index (χ4v) is 1.39. The Hall–Kier alpha value is -0.220. The second-order valence-electron chi connectivity index (χ2n) is 2.97. The second-order valence-corrected chi connectivity index (χ2v) is 3.68. The summed E-state index contributed by atoms with van der Waals surface area (Å²) in [6, 6.07) is 0. The molecule has 0 aliphatic heterocycles. The fourth-order valence-electron chi connectivity index (χ4n) is 0.975. The van der Waals surface area contributed by atoms with E-state index in [1.165, 1.54) is 24.9 Å². The van der Waals surface area contributed by atoms with Crippen molar-refractivity contribution in [2.75, 3.05) is 12.5 Å². The Kier molecular flexibility index (Phi) is 10.7. The number of hydrogen-bond acceptors (Lipinski definition) is 4. The van der Waals surface area contributed by atoms with Gasteiger partial charge in [0.15, 0.2) is 5.94 Å². The normalized spacial score (nSPS) is 10.1. The lowest BCUT2D eigenvalue weighted by molar-refractivity contribution is -0.141. The van der Waals surface area contributed by atoms with E-state index in [1.54, 1.807) is 0 Å². The maximum atomic E-state index is 11.1. The van der Waals surface area contributed by atoms with Gasteiger partial charge in [-0.05, 0) is 13.3 Å². The summed E-state index contributed by atoms with van der Waals surface area (Å²) in [7, 11) is 0. The number of hydrogen-bond donors (Lipinski definition) is 0. The van der Waals surface area contributed by atoms with Crippen LogP contribution in [0.3, 0.4) is 0 Å². The van der Waals surface area contributed by atoms with E-state index < -0.39 is 0 Å². The Morgan fingerprint density at radius 2 is 2.00 bits per heavy atom. The summed E-state index contributed by atoms with van der Waals surface area (Å²) < 4.78 is 9.89. The van der Waals surface area contributed by atoms with Gasteiger partial charge in [0.2, 0.25) is 0 Å². The third-order valence-corrected chi connectivity index (χ3v) is 2.32. The molecule has 0 rings (SSSR count). The maximum absolute atomic E-state index is 11.1. The molecule has 0 unspecified atom stereocenters. The Balaban J connectivity index is 3.11. The topological polar surface area (TPSA) is 35.5 Å². The number of rotatable bonds is 9. The number of carbonyl (C=O) groups is 1. The molecule has 84 valence electrons.